The summed E-state index contributed by atoms with van der Waals surface area (Å²) in [4.78, 5) is 15.6. The minimum Gasteiger partial charge on any atom is -0.496 e. The number of nitrogens with one attached hydrogen (secondary N) is 2. The van der Waals surface area contributed by atoms with Crippen LogP contribution in [0.2, 0.25) is 0 Å². The van der Waals surface area contributed by atoms with Crippen LogP contribution in [-0.2, 0) is 0 Å². The highest BCUT2D eigenvalue weighted by molar-refractivity contribution is 6.04. The van der Waals surface area contributed by atoms with E-state index < -0.39 is 0 Å². The normalized spacial score (nSPS) is 14.5. The number of likely N-dealkylation sites (tertiary alicyclic amines) is 1. The van der Waals surface area contributed by atoms with Crippen molar-refractivity contribution in [1.82, 2.24) is 4.90 Å². The van der Waals surface area contributed by atoms with Crippen LogP contribution in [0.4, 0.5) is 11.4 Å². The topological polar surface area (TPSA) is 53.6 Å². The summed E-state index contributed by atoms with van der Waals surface area (Å²) in [5.41, 5.74) is 5.99. The maximum atomic E-state index is 13.1. The summed E-state index contributed by atoms with van der Waals surface area (Å²) in [5, 5.41) is 6.58. The average molecular weight is 500 g/mol. The molecule has 2 N–H and O–H groups in total. The van der Waals surface area contributed by atoms with Crippen molar-refractivity contribution in [3.63, 3.8) is 0 Å². The molecule has 1 fully saturated rings. The molecule has 0 radical (unpaired) electrons. The van der Waals surface area contributed by atoms with E-state index in [9.17, 15) is 4.79 Å². The Hall–Kier alpha value is -3.31. The molecule has 1 amide bonds. The Morgan fingerprint density at radius 2 is 1.73 bits per heavy atom. The second-order valence-electron chi connectivity index (χ2n) is 10.3. The largest absolute Gasteiger partial charge is 0.496 e. The number of amides is 1. The lowest BCUT2D eigenvalue weighted by atomic mass is 9.88. The smallest absolute Gasteiger partial charge is 0.255 e. The van der Waals surface area contributed by atoms with Gasteiger partial charge in [-0.15, -0.1) is 0 Å². The van der Waals surface area contributed by atoms with Crippen LogP contribution in [0.3, 0.4) is 0 Å². The third-order valence-electron chi connectivity index (χ3n) is 7.39. The number of methoxy groups -OCH3 is 1. The zero-order valence-electron chi connectivity index (χ0n) is 22.7. The van der Waals surface area contributed by atoms with Crippen LogP contribution in [-0.4, -0.2) is 43.6 Å². The maximum absolute atomic E-state index is 13.1. The van der Waals surface area contributed by atoms with Crippen molar-refractivity contribution < 1.29 is 9.53 Å². The fourth-order valence-electron chi connectivity index (χ4n) is 5.09. The molecule has 5 heteroatoms. The van der Waals surface area contributed by atoms with Gasteiger partial charge in [-0.25, -0.2) is 0 Å². The van der Waals surface area contributed by atoms with Gasteiger partial charge < -0.3 is 20.3 Å². The number of carbonyl (C=O) groups excluding carboxylic acids is 1. The highest BCUT2D eigenvalue weighted by Crippen LogP contribution is 2.36. The van der Waals surface area contributed by atoms with E-state index in [1.54, 1.807) is 7.11 Å². The van der Waals surface area contributed by atoms with Gasteiger partial charge in [0.2, 0.25) is 0 Å². The molecule has 0 spiro atoms. The number of nitrogens with zero attached hydrogens (tertiary/aromatic N) is 1. The quantitative estimate of drug-likeness (QED) is 0.285. The van der Waals surface area contributed by atoms with Gasteiger partial charge in [0.05, 0.1) is 7.11 Å². The lowest BCUT2D eigenvalue weighted by Gasteiger charge is -2.35. The number of anilines is 2. The van der Waals surface area contributed by atoms with Gasteiger partial charge in [0, 0.05) is 29.5 Å². The molecule has 3 aromatic rings. The van der Waals surface area contributed by atoms with Crippen LogP contribution in [0, 0.1) is 0 Å². The van der Waals surface area contributed by atoms with Crippen LogP contribution >= 0.6 is 0 Å². The molecule has 1 aliphatic heterocycles. The maximum Gasteiger partial charge on any atom is 0.255 e. The first kappa shape index (κ1) is 26.7. The Kier molecular flexibility index (Phi) is 9.24. The van der Waals surface area contributed by atoms with Crippen LogP contribution in [0.15, 0.2) is 66.7 Å². The second kappa shape index (κ2) is 12.8. The van der Waals surface area contributed by atoms with Gasteiger partial charge in [-0.2, -0.15) is 0 Å². The van der Waals surface area contributed by atoms with Gasteiger partial charge in [0.1, 0.15) is 5.75 Å². The molecule has 37 heavy (non-hydrogen) atoms. The number of rotatable bonds is 10. The first-order valence-electron chi connectivity index (χ1n) is 13.7. The van der Waals surface area contributed by atoms with Crippen molar-refractivity contribution in [3.05, 3.63) is 77.9 Å². The molecule has 0 bridgehead atoms. The minimum absolute atomic E-state index is 0.104. The standard InChI is InChI=1S/C32H41N3O2/c1-5-6-18-33-28-9-7-8-27(21-28)24-10-12-26(13-11-24)32(36)34-29-14-15-31(37-4)30(22-29)25-16-19-35(20-17-25)23(2)3/h7-15,21-23,25,33H,5-6,16-20H2,1-4H3,(H,34,36). The fourth-order valence-corrected chi connectivity index (χ4v) is 5.09. The minimum atomic E-state index is -0.104. The van der Waals surface area contributed by atoms with Crippen LogP contribution in [0.25, 0.3) is 11.1 Å². The predicted molar refractivity (Wildman–Crippen MR) is 155 cm³/mol. The first-order chi connectivity index (χ1) is 18.0. The highest BCUT2D eigenvalue weighted by Gasteiger charge is 2.24. The molecule has 4 rings (SSSR count). The summed E-state index contributed by atoms with van der Waals surface area (Å²) in [5.74, 6) is 1.23. The van der Waals surface area contributed by atoms with Gasteiger partial charge in [0.25, 0.3) is 5.91 Å². The van der Waals surface area contributed by atoms with Gasteiger partial charge in [-0.05, 0) is 111 Å². The number of benzene rings is 3. The summed E-state index contributed by atoms with van der Waals surface area (Å²) in [6.07, 6.45) is 4.53. The van der Waals surface area contributed by atoms with Gasteiger partial charge in [0.15, 0.2) is 0 Å². The van der Waals surface area contributed by atoms with E-state index in [2.05, 4.69) is 66.6 Å². The molecular formula is C32H41N3O2. The third-order valence-corrected chi connectivity index (χ3v) is 7.39. The van der Waals surface area contributed by atoms with E-state index >= 15 is 0 Å². The predicted octanol–water partition coefficient (Wildman–Crippen LogP) is 7.41. The summed E-state index contributed by atoms with van der Waals surface area (Å²) in [7, 11) is 1.72. The fraction of sp³-hybridized carbons (Fsp3) is 0.406. The summed E-state index contributed by atoms with van der Waals surface area (Å²) in [6, 6.07) is 22.8. The van der Waals surface area contributed by atoms with Crippen molar-refractivity contribution in [2.75, 3.05) is 37.4 Å². The van der Waals surface area contributed by atoms with E-state index in [0.717, 1.165) is 67.1 Å². The molecule has 1 saturated heterocycles. The molecule has 5 nitrogen and oxygen atoms in total. The lowest BCUT2D eigenvalue weighted by molar-refractivity contribution is 0.102. The van der Waals surface area contributed by atoms with E-state index in [-0.39, 0.29) is 5.91 Å². The van der Waals surface area contributed by atoms with Crippen LogP contribution < -0.4 is 15.4 Å². The highest BCUT2D eigenvalue weighted by atomic mass is 16.5. The monoisotopic (exact) mass is 499 g/mol. The Bertz CT molecular complexity index is 1160. The van der Waals surface area contributed by atoms with Gasteiger partial charge >= 0.3 is 0 Å². The van der Waals surface area contributed by atoms with Crippen LogP contribution in [0.1, 0.15) is 68.3 Å². The molecule has 0 aliphatic carbocycles. The molecule has 1 aliphatic rings. The Morgan fingerprint density at radius 1 is 0.973 bits per heavy atom. The van der Waals surface area contributed by atoms with Crippen molar-refractivity contribution in [3.8, 4) is 16.9 Å². The number of ether oxygens (including phenoxy) is 1. The zero-order valence-corrected chi connectivity index (χ0v) is 22.7. The molecule has 3 aromatic carbocycles. The number of unbranched alkanes of at least 4 members (excludes halogenated alkanes) is 1. The van der Waals surface area contributed by atoms with Crippen molar-refractivity contribution >= 4 is 17.3 Å². The molecule has 0 atom stereocenters. The van der Waals surface area contributed by atoms with E-state index in [0.29, 0.717) is 17.5 Å². The molecule has 1 heterocycles. The van der Waals surface area contributed by atoms with Gasteiger partial charge in [-0.3, -0.25) is 4.79 Å². The molecule has 0 aromatic heterocycles. The average Bonchev–Trinajstić information content (AvgIpc) is 2.93. The van der Waals surface area contributed by atoms with Crippen LogP contribution in [0.5, 0.6) is 5.75 Å². The Labute approximate surface area is 222 Å². The number of hydrogen-bond acceptors (Lipinski definition) is 4. The van der Waals surface area contributed by atoms with Gasteiger partial charge in [-0.1, -0.05) is 37.6 Å². The van der Waals surface area contributed by atoms with Crippen molar-refractivity contribution in [1.29, 1.82) is 0 Å². The Morgan fingerprint density at radius 3 is 2.41 bits per heavy atom. The summed E-state index contributed by atoms with van der Waals surface area (Å²) < 4.78 is 5.68. The van der Waals surface area contributed by atoms with Crippen molar-refractivity contribution in [2.24, 2.45) is 0 Å². The first-order valence-corrected chi connectivity index (χ1v) is 13.7. The molecular weight excluding hydrogens is 458 g/mol. The Balaban J connectivity index is 1.43. The lowest BCUT2D eigenvalue weighted by Crippen LogP contribution is -2.37. The van der Waals surface area contributed by atoms with E-state index in [4.69, 9.17) is 4.74 Å². The third kappa shape index (κ3) is 6.92. The molecule has 0 saturated carbocycles. The molecule has 196 valence electrons. The summed E-state index contributed by atoms with van der Waals surface area (Å²) >= 11 is 0. The summed E-state index contributed by atoms with van der Waals surface area (Å²) in [6.45, 7) is 9.86. The number of hydrogen-bond donors (Lipinski definition) is 2. The SMILES string of the molecule is CCCCNc1cccc(-c2ccc(C(=O)Nc3ccc(OC)c(C4CCN(C(C)C)CC4)c3)cc2)c1. The van der Waals surface area contributed by atoms with E-state index in [1.807, 2.05) is 36.4 Å². The zero-order chi connectivity index (χ0) is 26.2. The number of carbonyl (C=O) groups is 1. The van der Waals surface area contributed by atoms with E-state index in [1.165, 1.54) is 12.0 Å². The second-order valence-corrected chi connectivity index (χ2v) is 10.3. The molecule has 0 unspecified atom stereocenters. The number of piperidine rings is 1. The van der Waals surface area contributed by atoms with Crippen molar-refractivity contribution in [2.45, 2.75) is 58.4 Å².